The lowest BCUT2D eigenvalue weighted by atomic mass is 9.86. The smallest absolute Gasteiger partial charge is 0.392 e. The number of hydrogen-bond donors (Lipinski definition) is 2. The summed E-state index contributed by atoms with van der Waals surface area (Å²) in [5.74, 6) is -0.726. The standard InChI is InChI=1S/C13H14ClF3N2OS/c1-3-12(2,10(18)21)11(20)19-9-7(13(15,16)17)5-4-6-8(9)14/h4-6H,3H2,1-2H3,(H2,18,21)(H,19,20). The SMILES string of the molecule is CCC(C)(C(=O)Nc1c(Cl)cccc1C(F)(F)F)C(N)=S. The molecule has 0 aromatic heterocycles. The molecule has 0 heterocycles. The minimum atomic E-state index is -4.64. The molecule has 0 spiro atoms. The Hall–Kier alpha value is -1.34. The quantitative estimate of drug-likeness (QED) is 0.816. The monoisotopic (exact) mass is 338 g/mol. The number of anilines is 1. The molecule has 1 aromatic carbocycles. The second-order valence-electron chi connectivity index (χ2n) is 4.66. The van der Waals surface area contributed by atoms with Gasteiger partial charge in [-0.3, -0.25) is 4.79 Å². The van der Waals surface area contributed by atoms with E-state index in [1.54, 1.807) is 6.92 Å². The van der Waals surface area contributed by atoms with Gasteiger partial charge in [-0.15, -0.1) is 0 Å². The van der Waals surface area contributed by atoms with Gasteiger partial charge < -0.3 is 11.1 Å². The van der Waals surface area contributed by atoms with E-state index in [9.17, 15) is 18.0 Å². The van der Waals surface area contributed by atoms with Gasteiger partial charge in [0.05, 0.1) is 26.7 Å². The van der Waals surface area contributed by atoms with Crippen LogP contribution in [0.15, 0.2) is 18.2 Å². The minimum Gasteiger partial charge on any atom is -0.392 e. The molecule has 0 bridgehead atoms. The first-order valence-corrected chi connectivity index (χ1v) is 6.79. The van der Waals surface area contributed by atoms with E-state index in [2.05, 4.69) is 5.32 Å². The number of carbonyl (C=O) groups is 1. The van der Waals surface area contributed by atoms with Crippen molar-refractivity contribution in [3.63, 3.8) is 0 Å². The van der Waals surface area contributed by atoms with Gasteiger partial charge in [0, 0.05) is 0 Å². The van der Waals surface area contributed by atoms with Crippen LogP contribution < -0.4 is 11.1 Å². The number of nitrogens with two attached hydrogens (primary N) is 1. The molecule has 0 radical (unpaired) electrons. The highest BCUT2D eigenvalue weighted by Gasteiger charge is 2.38. The van der Waals surface area contributed by atoms with E-state index in [1.165, 1.54) is 13.0 Å². The number of amides is 1. The van der Waals surface area contributed by atoms with Crippen LogP contribution in [-0.4, -0.2) is 10.9 Å². The van der Waals surface area contributed by atoms with Crippen LogP contribution in [0.3, 0.4) is 0 Å². The van der Waals surface area contributed by atoms with Crippen molar-refractivity contribution in [2.45, 2.75) is 26.4 Å². The molecule has 21 heavy (non-hydrogen) atoms. The van der Waals surface area contributed by atoms with Crippen molar-refractivity contribution < 1.29 is 18.0 Å². The fourth-order valence-corrected chi connectivity index (χ4v) is 2.04. The second kappa shape index (κ2) is 6.19. The maximum atomic E-state index is 13.0. The van der Waals surface area contributed by atoms with E-state index >= 15 is 0 Å². The summed E-state index contributed by atoms with van der Waals surface area (Å²) in [7, 11) is 0. The van der Waals surface area contributed by atoms with E-state index in [4.69, 9.17) is 29.6 Å². The molecular weight excluding hydrogens is 325 g/mol. The normalized spacial score (nSPS) is 14.4. The summed E-state index contributed by atoms with van der Waals surface area (Å²) in [6.07, 6.45) is -4.39. The van der Waals surface area contributed by atoms with E-state index in [0.717, 1.165) is 12.1 Å². The summed E-state index contributed by atoms with van der Waals surface area (Å²) in [5, 5.41) is 1.99. The van der Waals surface area contributed by atoms with Crippen LogP contribution in [0.4, 0.5) is 18.9 Å². The number of benzene rings is 1. The maximum absolute atomic E-state index is 13.0. The van der Waals surface area contributed by atoms with Crippen LogP contribution in [0.1, 0.15) is 25.8 Å². The molecule has 3 N–H and O–H groups in total. The molecule has 1 aromatic rings. The first-order chi connectivity index (χ1) is 9.54. The molecule has 116 valence electrons. The van der Waals surface area contributed by atoms with Gasteiger partial charge in [0.1, 0.15) is 0 Å². The summed E-state index contributed by atoms with van der Waals surface area (Å²) in [6, 6.07) is 3.26. The van der Waals surface area contributed by atoms with Gasteiger partial charge >= 0.3 is 6.18 Å². The Kier molecular flexibility index (Phi) is 5.22. The van der Waals surface area contributed by atoms with Crippen LogP contribution in [0.2, 0.25) is 5.02 Å². The number of thiocarbonyl (C=S) groups is 1. The highest BCUT2D eigenvalue weighted by molar-refractivity contribution is 7.80. The van der Waals surface area contributed by atoms with E-state index in [0.29, 0.717) is 0 Å². The van der Waals surface area contributed by atoms with E-state index in [1.807, 2.05) is 0 Å². The van der Waals surface area contributed by atoms with Crippen molar-refractivity contribution in [3.05, 3.63) is 28.8 Å². The molecule has 1 rings (SSSR count). The number of carbonyl (C=O) groups excluding carboxylic acids is 1. The summed E-state index contributed by atoms with van der Waals surface area (Å²) in [4.78, 5) is 12.1. The van der Waals surface area contributed by atoms with Crippen LogP contribution >= 0.6 is 23.8 Å². The van der Waals surface area contributed by atoms with Crippen molar-refractivity contribution in [3.8, 4) is 0 Å². The van der Waals surface area contributed by atoms with Gasteiger partial charge in [-0.05, 0) is 25.5 Å². The lowest BCUT2D eigenvalue weighted by Gasteiger charge is -2.26. The van der Waals surface area contributed by atoms with Gasteiger partial charge in [-0.1, -0.05) is 36.8 Å². The predicted octanol–water partition coefficient (Wildman–Crippen LogP) is 4.00. The van der Waals surface area contributed by atoms with Gasteiger partial charge in [0.15, 0.2) is 0 Å². The van der Waals surface area contributed by atoms with Gasteiger partial charge in [-0.2, -0.15) is 13.2 Å². The third kappa shape index (κ3) is 3.65. The Balaban J connectivity index is 3.26. The average molecular weight is 339 g/mol. The molecule has 0 aliphatic heterocycles. The third-order valence-electron chi connectivity index (χ3n) is 3.31. The van der Waals surface area contributed by atoms with Crippen molar-refractivity contribution >= 4 is 40.4 Å². The summed E-state index contributed by atoms with van der Waals surface area (Å²) in [6.45, 7) is 3.13. The first-order valence-electron chi connectivity index (χ1n) is 6.01. The molecule has 0 saturated heterocycles. The van der Waals surface area contributed by atoms with Crippen molar-refractivity contribution in [1.29, 1.82) is 0 Å². The van der Waals surface area contributed by atoms with Gasteiger partial charge in [0.2, 0.25) is 5.91 Å². The fourth-order valence-electron chi connectivity index (χ4n) is 1.59. The van der Waals surface area contributed by atoms with Crippen molar-refractivity contribution in [2.75, 3.05) is 5.32 Å². The first kappa shape index (κ1) is 17.7. The summed E-state index contributed by atoms with van der Waals surface area (Å²) in [5.41, 5.74) is 2.74. The highest BCUT2D eigenvalue weighted by Crippen LogP contribution is 2.39. The molecule has 1 atom stereocenters. The van der Waals surface area contributed by atoms with Crippen LogP contribution in [0.5, 0.6) is 0 Å². The summed E-state index contributed by atoms with van der Waals surface area (Å²) < 4.78 is 38.9. The van der Waals surface area contributed by atoms with Gasteiger partial charge in [-0.25, -0.2) is 0 Å². The van der Waals surface area contributed by atoms with E-state index in [-0.39, 0.29) is 16.4 Å². The Labute approximate surface area is 130 Å². The molecule has 0 aliphatic rings. The second-order valence-corrected chi connectivity index (χ2v) is 5.51. The lowest BCUT2D eigenvalue weighted by molar-refractivity contribution is -0.137. The molecule has 3 nitrogen and oxygen atoms in total. The Morgan fingerprint density at radius 2 is 2.00 bits per heavy atom. The third-order valence-corrected chi connectivity index (χ3v) is 4.08. The summed E-state index contributed by atoms with van der Waals surface area (Å²) >= 11 is 10.6. The molecular formula is C13H14ClF3N2OS. The zero-order valence-corrected chi connectivity index (χ0v) is 12.9. The minimum absolute atomic E-state index is 0.0943. The lowest BCUT2D eigenvalue weighted by Crippen LogP contribution is -2.43. The highest BCUT2D eigenvalue weighted by atomic mass is 35.5. The number of halogens is 4. The molecule has 0 fully saturated rings. The average Bonchev–Trinajstić information content (AvgIpc) is 2.38. The van der Waals surface area contributed by atoms with Gasteiger partial charge in [0.25, 0.3) is 0 Å². The molecule has 0 saturated carbocycles. The molecule has 1 amide bonds. The topological polar surface area (TPSA) is 55.1 Å². The van der Waals surface area contributed by atoms with Crippen molar-refractivity contribution in [1.82, 2.24) is 0 Å². The number of hydrogen-bond acceptors (Lipinski definition) is 2. The zero-order valence-electron chi connectivity index (χ0n) is 11.3. The number of alkyl halides is 3. The molecule has 0 aliphatic carbocycles. The van der Waals surface area contributed by atoms with Crippen LogP contribution in [-0.2, 0) is 11.0 Å². The maximum Gasteiger partial charge on any atom is 0.418 e. The number of nitrogens with one attached hydrogen (secondary N) is 1. The van der Waals surface area contributed by atoms with E-state index < -0.39 is 28.7 Å². The molecule has 1 unspecified atom stereocenters. The number of para-hydroxylation sites is 1. The molecule has 8 heteroatoms. The fraction of sp³-hybridized carbons (Fsp3) is 0.385. The number of rotatable bonds is 4. The van der Waals surface area contributed by atoms with Crippen LogP contribution in [0, 0.1) is 5.41 Å². The predicted molar refractivity (Wildman–Crippen MR) is 80.3 cm³/mol. The Morgan fingerprint density at radius 3 is 2.43 bits per heavy atom. The van der Waals surface area contributed by atoms with Crippen LogP contribution in [0.25, 0.3) is 0 Å². The largest absolute Gasteiger partial charge is 0.418 e. The Morgan fingerprint density at radius 1 is 1.43 bits per heavy atom. The Bertz CT molecular complexity index is 577. The zero-order chi connectivity index (χ0) is 16.4. The van der Waals surface area contributed by atoms with Crippen molar-refractivity contribution in [2.24, 2.45) is 11.1 Å².